The van der Waals surface area contributed by atoms with Gasteiger partial charge in [0.1, 0.15) is 0 Å². The number of hydrogen-bond acceptors (Lipinski definition) is 4. The van der Waals surface area contributed by atoms with Crippen molar-refractivity contribution in [2.45, 2.75) is 26.3 Å². The number of morpholine rings is 1. The second-order valence-corrected chi connectivity index (χ2v) is 4.86. The van der Waals surface area contributed by atoms with Crippen LogP contribution in [0.1, 0.15) is 29.3 Å². The summed E-state index contributed by atoms with van der Waals surface area (Å²) in [6, 6.07) is 3.91. The Morgan fingerprint density at radius 1 is 1.58 bits per heavy atom. The number of ether oxygens (including phenoxy) is 1. The molecule has 0 bridgehead atoms. The van der Waals surface area contributed by atoms with Gasteiger partial charge < -0.3 is 20.5 Å². The first-order valence-electron chi connectivity index (χ1n) is 6.52. The van der Waals surface area contributed by atoms with Crippen LogP contribution < -0.4 is 10.6 Å². The number of anilines is 2. The minimum absolute atomic E-state index is 0.177. The molecule has 0 spiro atoms. The Kier molecular flexibility index (Phi) is 3.95. The summed E-state index contributed by atoms with van der Waals surface area (Å²) in [6.45, 7) is 6.08. The maximum absolute atomic E-state index is 11.2. The summed E-state index contributed by atoms with van der Waals surface area (Å²) in [5.74, 6) is -0.983. The van der Waals surface area contributed by atoms with Crippen molar-refractivity contribution in [1.29, 1.82) is 0 Å². The fourth-order valence-electron chi connectivity index (χ4n) is 2.46. The molecule has 104 valence electrons. The highest BCUT2D eigenvalue weighted by atomic mass is 16.5. The van der Waals surface area contributed by atoms with Gasteiger partial charge in [-0.2, -0.15) is 0 Å². The molecule has 1 aliphatic rings. The number of benzene rings is 1. The van der Waals surface area contributed by atoms with E-state index in [9.17, 15) is 9.90 Å². The molecule has 0 aliphatic carbocycles. The fraction of sp³-hybridized carbons (Fsp3) is 0.500. The van der Waals surface area contributed by atoms with Gasteiger partial charge in [-0.3, -0.25) is 0 Å². The summed E-state index contributed by atoms with van der Waals surface area (Å²) < 4.78 is 5.47. The van der Waals surface area contributed by atoms with E-state index in [1.54, 1.807) is 6.07 Å². The maximum Gasteiger partial charge on any atom is 0.337 e. The van der Waals surface area contributed by atoms with Crippen LogP contribution in [0.25, 0.3) is 0 Å². The highest BCUT2D eigenvalue weighted by Gasteiger charge is 2.23. The molecule has 1 aromatic carbocycles. The first kappa shape index (κ1) is 13.7. The van der Waals surface area contributed by atoms with E-state index in [4.69, 9.17) is 10.5 Å². The molecule has 19 heavy (non-hydrogen) atoms. The largest absolute Gasteiger partial charge is 0.478 e. The van der Waals surface area contributed by atoms with E-state index in [1.165, 1.54) is 0 Å². The Balaban J connectivity index is 2.41. The van der Waals surface area contributed by atoms with Gasteiger partial charge in [0.25, 0.3) is 0 Å². The van der Waals surface area contributed by atoms with Gasteiger partial charge in [-0.1, -0.05) is 6.92 Å². The van der Waals surface area contributed by atoms with Crippen molar-refractivity contribution in [3.63, 3.8) is 0 Å². The zero-order valence-corrected chi connectivity index (χ0v) is 11.3. The van der Waals surface area contributed by atoms with Gasteiger partial charge in [0.05, 0.1) is 24.8 Å². The minimum atomic E-state index is -0.983. The van der Waals surface area contributed by atoms with E-state index in [2.05, 4.69) is 11.8 Å². The van der Waals surface area contributed by atoms with Crippen LogP contribution in [0.4, 0.5) is 11.4 Å². The summed E-state index contributed by atoms with van der Waals surface area (Å²) >= 11 is 0. The van der Waals surface area contributed by atoms with Crippen molar-refractivity contribution in [2.24, 2.45) is 0 Å². The van der Waals surface area contributed by atoms with E-state index in [1.807, 2.05) is 13.0 Å². The maximum atomic E-state index is 11.2. The van der Waals surface area contributed by atoms with Crippen LogP contribution in [0.15, 0.2) is 12.1 Å². The predicted molar refractivity (Wildman–Crippen MR) is 74.8 cm³/mol. The Hall–Kier alpha value is -1.75. The van der Waals surface area contributed by atoms with Gasteiger partial charge in [0, 0.05) is 17.9 Å². The van der Waals surface area contributed by atoms with Crippen LogP contribution in [-0.2, 0) is 4.74 Å². The number of nitrogens with zero attached hydrogens (tertiary/aromatic N) is 1. The third kappa shape index (κ3) is 2.66. The average Bonchev–Trinajstić information content (AvgIpc) is 2.41. The van der Waals surface area contributed by atoms with Gasteiger partial charge >= 0.3 is 5.97 Å². The van der Waals surface area contributed by atoms with E-state index < -0.39 is 5.97 Å². The van der Waals surface area contributed by atoms with Crippen molar-refractivity contribution in [3.05, 3.63) is 23.3 Å². The molecule has 1 heterocycles. The first-order chi connectivity index (χ1) is 9.04. The van der Waals surface area contributed by atoms with Gasteiger partial charge in [-0.05, 0) is 31.0 Å². The number of aromatic carboxylic acids is 1. The summed E-state index contributed by atoms with van der Waals surface area (Å²) in [4.78, 5) is 13.4. The van der Waals surface area contributed by atoms with Gasteiger partial charge in [-0.15, -0.1) is 0 Å². The summed E-state index contributed by atoms with van der Waals surface area (Å²) in [6.07, 6.45) is 0.964. The third-order valence-corrected chi connectivity index (χ3v) is 3.63. The van der Waals surface area contributed by atoms with Crippen molar-refractivity contribution >= 4 is 17.3 Å². The third-order valence-electron chi connectivity index (χ3n) is 3.63. The van der Waals surface area contributed by atoms with Crippen molar-refractivity contribution in [1.82, 2.24) is 0 Å². The predicted octanol–water partition coefficient (Wildman–Crippen LogP) is 1.89. The number of hydrogen-bond donors (Lipinski definition) is 2. The molecule has 0 saturated carbocycles. The molecule has 5 nitrogen and oxygen atoms in total. The Morgan fingerprint density at radius 2 is 2.32 bits per heavy atom. The van der Waals surface area contributed by atoms with Gasteiger partial charge in [0.2, 0.25) is 0 Å². The highest BCUT2D eigenvalue weighted by molar-refractivity contribution is 5.95. The summed E-state index contributed by atoms with van der Waals surface area (Å²) in [5, 5.41) is 9.21. The van der Waals surface area contributed by atoms with Crippen LogP contribution in [0.2, 0.25) is 0 Å². The number of nitrogen functional groups attached to an aromatic ring is 1. The molecular weight excluding hydrogens is 244 g/mol. The number of carbonyl (C=O) groups is 1. The average molecular weight is 264 g/mol. The molecule has 1 unspecified atom stereocenters. The number of carboxylic acids is 1. The highest BCUT2D eigenvalue weighted by Crippen LogP contribution is 2.28. The molecule has 1 atom stereocenters. The molecule has 5 heteroatoms. The molecule has 0 radical (unpaired) electrons. The van der Waals surface area contributed by atoms with E-state index in [0.717, 1.165) is 24.2 Å². The Bertz CT molecular complexity index is 488. The van der Waals surface area contributed by atoms with E-state index in [-0.39, 0.29) is 5.56 Å². The topological polar surface area (TPSA) is 75.8 Å². The molecule has 1 aliphatic heterocycles. The van der Waals surface area contributed by atoms with Crippen molar-refractivity contribution in [2.75, 3.05) is 30.4 Å². The molecule has 3 N–H and O–H groups in total. The lowest BCUT2D eigenvalue weighted by Gasteiger charge is -2.37. The second kappa shape index (κ2) is 5.48. The number of nitrogens with two attached hydrogens (primary N) is 1. The number of rotatable bonds is 3. The normalized spacial score (nSPS) is 19.5. The fourth-order valence-corrected chi connectivity index (χ4v) is 2.46. The van der Waals surface area contributed by atoms with Crippen LogP contribution in [0.3, 0.4) is 0 Å². The van der Waals surface area contributed by atoms with Crippen LogP contribution in [0, 0.1) is 6.92 Å². The molecular formula is C14H20N2O3. The lowest BCUT2D eigenvalue weighted by atomic mass is 10.0. The van der Waals surface area contributed by atoms with E-state index >= 15 is 0 Å². The van der Waals surface area contributed by atoms with Crippen LogP contribution in [0.5, 0.6) is 0 Å². The molecule has 1 saturated heterocycles. The molecule has 0 aromatic heterocycles. The molecule has 2 rings (SSSR count). The Morgan fingerprint density at radius 3 is 2.95 bits per heavy atom. The van der Waals surface area contributed by atoms with Gasteiger partial charge in [-0.25, -0.2) is 4.79 Å². The summed E-state index contributed by atoms with van der Waals surface area (Å²) in [5.41, 5.74) is 8.07. The zero-order valence-electron chi connectivity index (χ0n) is 11.3. The number of carboxylic acid groups (broad SMARTS) is 1. The lowest BCUT2D eigenvalue weighted by molar-refractivity contribution is 0.0698. The monoisotopic (exact) mass is 264 g/mol. The van der Waals surface area contributed by atoms with Crippen molar-refractivity contribution < 1.29 is 14.6 Å². The molecule has 1 fully saturated rings. The van der Waals surface area contributed by atoms with E-state index in [0.29, 0.717) is 24.9 Å². The lowest BCUT2D eigenvalue weighted by Crippen LogP contribution is -2.45. The second-order valence-electron chi connectivity index (χ2n) is 4.86. The first-order valence-corrected chi connectivity index (χ1v) is 6.52. The smallest absolute Gasteiger partial charge is 0.337 e. The van der Waals surface area contributed by atoms with Crippen molar-refractivity contribution in [3.8, 4) is 0 Å². The Labute approximate surface area is 113 Å². The molecule has 0 amide bonds. The minimum Gasteiger partial charge on any atom is -0.478 e. The SMILES string of the molecule is CCC1COCCN1c1cc(C)c(N)c(C(=O)O)c1. The quantitative estimate of drug-likeness (QED) is 0.815. The van der Waals surface area contributed by atoms with Gasteiger partial charge in [0.15, 0.2) is 0 Å². The standard InChI is InChI=1S/C14H20N2O3/c1-3-10-8-19-5-4-16(10)11-6-9(2)13(15)12(7-11)14(17)18/h6-7,10H,3-5,8,15H2,1-2H3,(H,17,18). The van der Waals surface area contributed by atoms with Crippen LogP contribution >= 0.6 is 0 Å². The molecule has 1 aromatic rings. The zero-order chi connectivity index (χ0) is 14.0. The summed E-state index contributed by atoms with van der Waals surface area (Å²) in [7, 11) is 0. The van der Waals surface area contributed by atoms with Crippen LogP contribution in [-0.4, -0.2) is 36.9 Å². The number of aryl methyl sites for hydroxylation is 1.